The SMILES string of the molecule is Cc1ccc(C2CCNc3nc(C4CCC4)nn32)cc1. The fourth-order valence-corrected chi connectivity index (χ4v) is 3.06. The Morgan fingerprint density at radius 1 is 1.15 bits per heavy atom. The minimum absolute atomic E-state index is 0.327. The molecule has 1 saturated carbocycles. The topological polar surface area (TPSA) is 42.7 Å². The van der Waals surface area contributed by atoms with Crippen LogP contribution in [0.25, 0.3) is 0 Å². The van der Waals surface area contributed by atoms with Crippen LogP contribution in [0.15, 0.2) is 24.3 Å². The van der Waals surface area contributed by atoms with Gasteiger partial charge in [0.25, 0.3) is 0 Å². The summed E-state index contributed by atoms with van der Waals surface area (Å²) in [5.74, 6) is 2.58. The molecule has 0 saturated heterocycles. The average Bonchev–Trinajstić information content (AvgIpc) is 2.80. The van der Waals surface area contributed by atoms with Gasteiger partial charge >= 0.3 is 0 Å². The summed E-state index contributed by atoms with van der Waals surface area (Å²) in [6.07, 6.45) is 4.89. The van der Waals surface area contributed by atoms with Crippen molar-refractivity contribution < 1.29 is 0 Å². The Labute approximate surface area is 119 Å². The summed E-state index contributed by atoms with van der Waals surface area (Å²) in [4.78, 5) is 4.71. The van der Waals surface area contributed by atoms with Crippen molar-refractivity contribution in [3.63, 3.8) is 0 Å². The van der Waals surface area contributed by atoms with Gasteiger partial charge in [0.2, 0.25) is 5.95 Å². The number of aryl methyl sites for hydroxylation is 1. The van der Waals surface area contributed by atoms with Gasteiger partial charge in [-0.15, -0.1) is 0 Å². The first-order chi connectivity index (χ1) is 9.81. The molecule has 0 radical (unpaired) electrons. The largest absolute Gasteiger partial charge is 0.354 e. The molecule has 0 bridgehead atoms. The standard InChI is InChI=1S/C16H20N4/c1-11-5-7-12(8-6-11)14-9-10-17-16-18-15(19-20(14)16)13-3-2-4-13/h5-8,13-14H,2-4,9-10H2,1H3,(H,17,18,19). The third kappa shape index (κ3) is 1.90. The Morgan fingerprint density at radius 2 is 1.95 bits per heavy atom. The molecule has 20 heavy (non-hydrogen) atoms. The monoisotopic (exact) mass is 268 g/mol. The second kappa shape index (κ2) is 4.62. The maximum absolute atomic E-state index is 4.80. The molecule has 1 aliphatic heterocycles. The van der Waals surface area contributed by atoms with E-state index in [0.29, 0.717) is 12.0 Å². The second-order valence-electron chi connectivity index (χ2n) is 6.01. The van der Waals surface area contributed by atoms with Crippen LogP contribution in [-0.4, -0.2) is 21.3 Å². The van der Waals surface area contributed by atoms with Gasteiger partial charge in [-0.3, -0.25) is 0 Å². The molecule has 0 spiro atoms. The molecule has 1 aromatic carbocycles. The predicted molar refractivity (Wildman–Crippen MR) is 79.0 cm³/mol. The van der Waals surface area contributed by atoms with Crippen molar-refractivity contribution in [2.45, 2.75) is 44.6 Å². The number of benzene rings is 1. The molecule has 104 valence electrons. The molecular formula is C16H20N4. The van der Waals surface area contributed by atoms with Crippen LogP contribution in [0.2, 0.25) is 0 Å². The summed E-state index contributed by atoms with van der Waals surface area (Å²) in [5.41, 5.74) is 2.64. The average molecular weight is 268 g/mol. The predicted octanol–water partition coefficient (Wildman–Crippen LogP) is 3.26. The van der Waals surface area contributed by atoms with Gasteiger partial charge in [0.1, 0.15) is 0 Å². The zero-order valence-electron chi connectivity index (χ0n) is 11.8. The van der Waals surface area contributed by atoms with Gasteiger partial charge in [0, 0.05) is 12.5 Å². The quantitative estimate of drug-likeness (QED) is 0.909. The molecule has 1 aromatic heterocycles. The Bertz CT molecular complexity index is 610. The van der Waals surface area contributed by atoms with Gasteiger partial charge in [-0.05, 0) is 31.7 Å². The summed E-state index contributed by atoms with van der Waals surface area (Å²) in [6.45, 7) is 3.10. The number of hydrogen-bond donors (Lipinski definition) is 1. The number of fused-ring (bicyclic) bond motifs is 1. The van der Waals surface area contributed by atoms with E-state index in [1.165, 1.54) is 30.4 Å². The van der Waals surface area contributed by atoms with Crippen LogP contribution in [0, 0.1) is 6.92 Å². The molecule has 2 aliphatic rings. The van der Waals surface area contributed by atoms with E-state index >= 15 is 0 Å². The lowest BCUT2D eigenvalue weighted by Gasteiger charge is -2.25. The molecule has 4 rings (SSSR count). The van der Waals surface area contributed by atoms with E-state index in [-0.39, 0.29) is 0 Å². The Hall–Kier alpha value is -1.84. The molecular weight excluding hydrogens is 248 g/mol. The van der Waals surface area contributed by atoms with E-state index in [9.17, 15) is 0 Å². The smallest absolute Gasteiger partial charge is 0.221 e. The molecule has 1 unspecified atom stereocenters. The fraction of sp³-hybridized carbons (Fsp3) is 0.500. The summed E-state index contributed by atoms with van der Waals surface area (Å²) in [7, 11) is 0. The summed E-state index contributed by atoms with van der Waals surface area (Å²) in [5, 5.41) is 8.18. The molecule has 2 heterocycles. The van der Waals surface area contributed by atoms with Crippen molar-refractivity contribution in [3.8, 4) is 0 Å². The van der Waals surface area contributed by atoms with Gasteiger partial charge in [-0.25, -0.2) is 4.68 Å². The zero-order chi connectivity index (χ0) is 13.5. The van der Waals surface area contributed by atoms with Crippen LogP contribution in [0.1, 0.15) is 54.6 Å². The van der Waals surface area contributed by atoms with Crippen molar-refractivity contribution in [1.82, 2.24) is 14.8 Å². The van der Waals surface area contributed by atoms with Crippen molar-refractivity contribution >= 4 is 5.95 Å². The molecule has 1 atom stereocenters. The van der Waals surface area contributed by atoms with Crippen LogP contribution >= 0.6 is 0 Å². The molecule has 2 aromatic rings. The van der Waals surface area contributed by atoms with E-state index < -0.39 is 0 Å². The molecule has 1 aliphatic carbocycles. The first-order valence-electron chi connectivity index (χ1n) is 7.58. The van der Waals surface area contributed by atoms with Gasteiger partial charge in [-0.2, -0.15) is 10.1 Å². The molecule has 0 amide bonds. The number of nitrogens with one attached hydrogen (secondary N) is 1. The van der Waals surface area contributed by atoms with Crippen molar-refractivity contribution in [2.75, 3.05) is 11.9 Å². The second-order valence-corrected chi connectivity index (χ2v) is 6.01. The highest BCUT2D eigenvalue weighted by Crippen LogP contribution is 2.37. The number of hydrogen-bond acceptors (Lipinski definition) is 3. The highest BCUT2D eigenvalue weighted by molar-refractivity contribution is 5.34. The van der Waals surface area contributed by atoms with E-state index in [1.807, 2.05) is 0 Å². The van der Waals surface area contributed by atoms with Crippen molar-refractivity contribution in [1.29, 1.82) is 0 Å². The summed E-state index contributed by atoms with van der Waals surface area (Å²) < 4.78 is 2.10. The number of nitrogens with zero attached hydrogens (tertiary/aromatic N) is 3. The third-order valence-electron chi connectivity index (χ3n) is 4.58. The van der Waals surface area contributed by atoms with Crippen LogP contribution in [0.3, 0.4) is 0 Å². The van der Waals surface area contributed by atoms with Crippen LogP contribution in [-0.2, 0) is 0 Å². The zero-order valence-corrected chi connectivity index (χ0v) is 11.8. The summed E-state index contributed by atoms with van der Waals surface area (Å²) in [6, 6.07) is 9.13. The van der Waals surface area contributed by atoms with Crippen LogP contribution in [0.4, 0.5) is 5.95 Å². The van der Waals surface area contributed by atoms with Crippen LogP contribution in [0.5, 0.6) is 0 Å². The molecule has 4 nitrogen and oxygen atoms in total. The Morgan fingerprint density at radius 3 is 2.65 bits per heavy atom. The lowest BCUT2D eigenvalue weighted by atomic mass is 9.85. The molecule has 4 heteroatoms. The number of rotatable bonds is 2. The fourth-order valence-electron chi connectivity index (χ4n) is 3.06. The minimum Gasteiger partial charge on any atom is -0.354 e. The van der Waals surface area contributed by atoms with Crippen molar-refractivity contribution in [3.05, 3.63) is 41.2 Å². The molecule has 1 fully saturated rings. The van der Waals surface area contributed by atoms with Gasteiger partial charge in [0.15, 0.2) is 5.82 Å². The first-order valence-corrected chi connectivity index (χ1v) is 7.58. The normalized spacial score (nSPS) is 21.9. The third-order valence-corrected chi connectivity index (χ3v) is 4.58. The van der Waals surface area contributed by atoms with Gasteiger partial charge in [0.05, 0.1) is 6.04 Å². The minimum atomic E-state index is 0.327. The van der Waals surface area contributed by atoms with E-state index in [2.05, 4.69) is 41.2 Å². The number of aromatic nitrogens is 3. The first kappa shape index (κ1) is 11.9. The van der Waals surface area contributed by atoms with Crippen molar-refractivity contribution in [2.24, 2.45) is 0 Å². The number of anilines is 1. The molecule has 1 N–H and O–H groups in total. The van der Waals surface area contributed by atoms with Crippen LogP contribution < -0.4 is 5.32 Å². The lowest BCUT2D eigenvalue weighted by Crippen LogP contribution is -2.24. The van der Waals surface area contributed by atoms with Gasteiger partial charge < -0.3 is 5.32 Å². The van der Waals surface area contributed by atoms with E-state index in [0.717, 1.165) is 24.7 Å². The Balaban J connectivity index is 1.70. The summed E-state index contributed by atoms with van der Waals surface area (Å²) >= 11 is 0. The maximum atomic E-state index is 4.80. The van der Waals surface area contributed by atoms with E-state index in [4.69, 9.17) is 10.1 Å². The highest BCUT2D eigenvalue weighted by Gasteiger charge is 2.29. The van der Waals surface area contributed by atoms with E-state index in [1.54, 1.807) is 0 Å². The maximum Gasteiger partial charge on any atom is 0.221 e. The Kier molecular flexibility index (Phi) is 2.76. The van der Waals surface area contributed by atoms with Gasteiger partial charge in [-0.1, -0.05) is 36.2 Å². The highest BCUT2D eigenvalue weighted by atomic mass is 15.4. The lowest BCUT2D eigenvalue weighted by molar-refractivity contribution is 0.393.